The number of carbonyl (C=O) groups excluding carboxylic acids is 3. The predicted octanol–water partition coefficient (Wildman–Crippen LogP) is 2.63. The van der Waals surface area contributed by atoms with Crippen molar-refractivity contribution in [2.45, 2.75) is 58.7 Å². The zero-order valence-electron chi connectivity index (χ0n) is 17.3. The molecule has 0 aromatic carbocycles. The van der Waals surface area contributed by atoms with Gasteiger partial charge in [0.25, 0.3) is 0 Å². The highest BCUT2D eigenvalue weighted by Gasteiger charge is 2.45. The van der Waals surface area contributed by atoms with Gasteiger partial charge in [0.1, 0.15) is 18.8 Å². The molecule has 2 rings (SSSR count). The normalized spacial score (nSPS) is 29.4. The zero-order valence-corrected chi connectivity index (χ0v) is 17.3. The van der Waals surface area contributed by atoms with Crippen molar-refractivity contribution >= 4 is 17.9 Å². The van der Waals surface area contributed by atoms with Crippen LogP contribution in [0.4, 0.5) is 0 Å². The molecule has 0 aromatic rings. The van der Waals surface area contributed by atoms with Crippen LogP contribution in [0.1, 0.15) is 46.5 Å². The van der Waals surface area contributed by atoms with Gasteiger partial charge in [-0.15, -0.1) is 0 Å². The Labute approximate surface area is 171 Å². The fourth-order valence-electron chi connectivity index (χ4n) is 3.42. The second-order valence-electron chi connectivity index (χ2n) is 7.57. The third kappa shape index (κ3) is 6.03. The molecule has 0 spiro atoms. The lowest BCUT2D eigenvalue weighted by Crippen LogP contribution is -2.35. The van der Waals surface area contributed by atoms with Gasteiger partial charge in [0.15, 0.2) is 0 Å². The highest BCUT2D eigenvalue weighted by Crippen LogP contribution is 2.36. The highest BCUT2D eigenvalue weighted by atomic mass is 16.6. The highest BCUT2D eigenvalue weighted by molar-refractivity contribution is 5.91. The van der Waals surface area contributed by atoms with Gasteiger partial charge in [-0.3, -0.25) is 9.59 Å². The van der Waals surface area contributed by atoms with Crippen LogP contribution in [0.25, 0.3) is 0 Å². The fraction of sp³-hybridized carbons (Fsp3) is 0.591. The van der Waals surface area contributed by atoms with E-state index in [0.717, 1.165) is 11.1 Å². The Morgan fingerprint density at radius 3 is 2.72 bits per heavy atom. The summed E-state index contributed by atoms with van der Waals surface area (Å²) in [6.07, 6.45) is 4.41. The maximum Gasteiger partial charge on any atom is 0.334 e. The lowest BCUT2D eigenvalue weighted by atomic mass is 9.85. The van der Waals surface area contributed by atoms with Crippen molar-refractivity contribution in [2.24, 2.45) is 11.8 Å². The van der Waals surface area contributed by atoms with Crippen LogP contribution >= 0.6 is 0 Å². The van der Waals surface area contributed by atoms with Crippen LogP contribution in [-0.4, -0.2) is 48.4 Å². The molecule has 1 aliphatic heterocycles. The van der Waals surface area contributed by atoms with Crippen LogP contribution in [0.2, 0.25) is 0 Å². The van der Waals surface area contributed by atoms with Gasteiger partial charge in [0, 0.05) is 18.9 Å². The van der Waals surface area contributed by atoms with Crippen molar-refractivity contribution < 1.29 is 33.7 Å². The summed E-state index contributed by atoms with van der Waals surface area (Å²) in [5, 5.41) is 9.67. The van der Waals surface area contributed by atoms with Gasteiger partial charge in [-0.25, -0.2) is 4.79 Å². The second-order valence-corrected chi connectivity index (χ2v) is 7.57. The van der Waals surface area contributed by atoms with Crippen LogP contribution in [0.3, 0.4) is 0 Å². The van der Waals surface area contributed by atoms with E-state index in [9.17, 15) is 19.5 Å². The van der Waals surface area contributed by atoms with E-state index in [0.29, 0.717) is 25.7 Å². The van der Waals surface area contributed by atoms with Crippen molar-refractivity contribution in [3.8, 4) is 0 Å². The Balaban J connectivity index is 2.40. The molecule has 1 N–H and O–H groups in total. The minimum absolute atomic E-state index is 0.0730. The minimum Gasteiger partial charge on any atom is -0.461 e. The molecule has 4 atom stereocenters. The first-order chi connectivity index (χ1) is 13.8. The molecule has 160 valence electrons. The van der Waals surface area contributed by atoms with Gasteiger partial charge in [-0.05, 0) is 36.5 Å². The summed E-state index contributed by atoms with van der Waals surface area (Å²) in [5.74, 6) is -2.18. The number of rotatable bonds is 6. The SMILES string of the molecule is C=C1C(=O)O[C@@H]2/C=C(/CO)CC/C=C(/COC(C)=O)C[C@H](OC(=O)[C@@H](C)CC)[C@@H]12. The first-order valence-corrected chi connectivity index (χ1v) is 9.98. The Kier molecular flexibility index (Phi) is 8.20. The number of aliphatic hydroxyl groups is 1. The van der Waals surface area contributed by atoms with E-state index in [1.165, 1.54) is 6.92 Å². The van der Waals surface area contributed by atoms with Gasteiger partial charge in [-0.2, -0.15) is 0 Å². The molecule has 7 nitrogen and oxygen atoms in total. The molecule has 0 amide bonds. The van der Waals surface area contributed by atoms with Gasteiger partial charge >= 0.3 is 17.9 Å². The fourth-order valence-corrected chi connectivity index (χ4v) is 3.42. The molecule has 1 fully saturated rings. The van der Waals surface area contributed by atoms with E-state index >= 15 is 0 Å². The van der Waals surface area contributed by atoms with Crippen LogP contribution in [0, 0.1) is 11.8 Å². The van der Waals surface area contributed by atoms with E-state index in [4.69, 9.17) is 14.2 Å². The summed E-state index contributed by atoms with van der Waals surface area (Å²) >= 11 is 0. The zero-order chi connectivity index (χ0) is 21.6. The van der Waals surface area contributed by atoms with E-state index < -0.39 is 30.1 Å². The predicted molar refractivity (Wildman–Crippen MR) is 106 cm³/mol. The standard InChI is InChI=1S/C22H30O7/c1-5-13(2)21(25)28-19-10-17(12-27-15(4)24)8-6-7-16(11-23)9-18-20(19)14(3)22(26)29-18/h8-9,13,18-20,23H,3,5-7,10-12H2,1-2,4H3/b16-9+,17-8+/t13-,18+,19-,20-/m0/s1. The van der Waals surface area contributed by atoms with Crippen molar-refractivity contribution in [1.82, 2.24) is 0 Å². The van der Waals surface area contributed by atoms with E-state index in [1.54, 1.807) is 13.0 Å². The van der Waals surface area contributed by atoms with Crippen LogP contribution < -0.4 is 0 Å². The number of aliphatic hydroxyl groups excluding tert-OH is 1. The minimum atomic E-state index is -0.698. The quantitative estimate of drug-likeness (QED) is 0.313. The lowest BCUT2D eigenvalue weighted by molar-refractivity contribution is -0.156. The lowest BCUT2D eigenvalue weighted by Gasteiger charge is -2.29. The first-order valence-electron chi connectivity index (χ1n) is 9.98. The van der Waals surface area contributed by atoms with E-state index in [-0.39, 0.29) is 30.7 Å². The van der Waals surface area contributed by atoms with Gasteiger partial charge < -0.3 is 19.3 Å². The Bertz CT molecular complexity index is 719. The number of carbonyl (C=O) groups is 3. The number of fused-ring (bicyclic) bond motifs is 1. The molecular formula is C22H30O7. The van der Waals surface area contributed by atoms with Crippen LogP contribution in [0.5, 0.6) is 0 Å². The molecule has 2 aliphatic rings. The number of hydrogen-bond acceptors (Lipinski definition) is 7. The number of ether oxygens (including phenoxy) is 3. The smallest absolute Gasteiger partial charge is 0.334 e. The monoisotopic (exact) mass is 406 g/mol. The molecule has 1 heterocycles. The van der Waals surface area contributed by atoms with Crippen molar-refractivity contribution in [3.05, 3.63) is 35.5 Å². The molecule has 0 radical (unpaired) electrons. The third-order valence-electron chi connectivity index (χ3n) is 5.37. The van der Waals surface area contributed by atoms with Crippen LogP contribution in [-0.2, 0) is 28.6 Å². The van der Waals surface area contributed by atoms with Crippen molar-refractivity contribution in [2.75, 3.05) is 13.2 Å². The summed E-state index contributed by atoms with van der Waals surface area (Å²) in [5.41, 5.74) is 1.74. The summed E-state index contributed by atoms with van der Waals surface area (Å²) in [7, 11) is 0. The maximum atomic E-state index is 12.5. The van der Waals surface area contributed by atoms with Crippen molar-refractivity contribution in [3.63, 3.8) is 0 Å². The molecule has 0 saturated carbocycles. The number of allylic oxidation sites excluding steroid dienone is 1. The second kappa shape index (κ2) is 10.4. The molecule has 29 heavy (non-hydrogen) atoms. The van der Waals surface area contributed by atoms with E-state index in [1.807, 2.05) is 13.0 Å². The van der Waals surface area contributed by atoms with Gasteiger partial charge in [-0.1, -0.05) is 26.5 Å². The number of hydrogen-bond donors (Lipinski definition) is 1. The first kappa shape index (κ1) is 22.9. The molecular weight excluding hydrogens is 376 g/mol. The average molecular weight is 406 g/mol. The van der Waals surface area contributed by atoms with Crippen LogP contribution in [0.15, 0.2) is 35.5 Å². The third-order valence-corrected chi connectivity index (χ3v) is 5.37. The summed E-state index contributed by atoms with van der Waals surface area (Å²) in [6, 6.07) is 0. The summed E-state index contributed by atoms with van der Waals surface area (Å²) in [4.78, 5) is 36.0. The summed E-state index contributed by atoms with van der Waals surface area (Å²) < 4.78 is 16.4. The Morgan fingerprint density at radius 2 is 2.10 bits per heavy atom. The van der Waals surface area contributed by atoms with Crippen molar-refractivity contribution in [1.29, 1.82) is 0 Å². The maximum absolute atomic E-state index is 12.5. The molecule has 7 heteroatoms. The van der Waals surface area contributed by atoms with Gasteiger partial charge in [0.2, 0.25) is 0 Å². The Morgan fingerprint density at radius 1 is 1.38 bits per heavy atom. The topological polar surface area (TPSA) is 99.1 Å². The summed E-state index contributed by atoms with van der Waals surface area (Å²) in [6.45, 7) is 8.77. The Hall–Kier alpha value is -2.41. The molecule has 0 bridgehead atoms. The van der Waals surface area contributed by atoms with E-state index in [2.05, 4.69) is 6.58 Å². The molecule has 0 unspecified atom stereocenters. The average Bonchev–Trinajstić information content (AvgIpc) is 2.96. The molecule has 1 aliphatic carbocycles. The largest absolute Gasteiger partial charge is 0.461 e. The molecule has 1 saturated heterocycles. The number of esters is 3. The molecule has 0 aromatic heterocycles. The van der Waals surface area contributed by atoms with Gasteiger partial charge in [0.05, 0.1) is 18.4 Å².